The van der Waals surface area contributed by atoms with Gasteiger partial charge in [-0.2, -0.15) is 10.4 Å². The molecule has 0 aliphatic carbocycles. The third kappa shape index (κ3) is 2.88. The highest BCUT2D eigenvalue weighted by Crippen LogP contribution is 2.30. The molecule has 0 aliphatic rings. The molecule has 0 saturated carbocycles. The molecule has 0 saturated heterocycles. The Labute approximate surface area is 141 Å². The summed E-state index contributed by atoms with van der Waals surface area (Å²) in [7, 11) is 0. The van der Waals surface area contributed by atoms with Crippen LogP contribution in [0.4, 0.5) is 21.6 Å². The van der Waals surface area contributed by atoms with E-state index in [4.69, 9.17) is 5.26 Å². The number of benzene rings is 1. The van der Waals surface area contributed by atoms with E-state index in [0.29, 0.717) is 11.4 Å². The number of nitro groups is 1. The van der Waals surface area contributed by atoms with Crippen molar-refractivity contribution >= 4 is 17.2 Å². The average molecular weight is 338 g/mol. The van der Waals surface area contributed by atoms with Crippen molar-refractivity contribution in [3.63, 3.8) is 0 Å². The van der Waals surface area contributed by atoms with Gasteiger partial charge in [0.1, 0.15) is 23.1 Å². The number of halogens is 1. The van der Waals surface area contributed by atoms with E-state index in [1.54, 1.807) is 31.2 Å². The quantitative estimate of drug-likeness (QED) is 0.577. The van der Waals surface area contributed by atoms with Crippen molar-refractivity contribution in [1.29, 1.82) is 5.26 Å². The van der Waals surface area contributed by atoms with Gasteiger partial charge in [-0.3, -0.25) is 10.1 Å². The molecule has 0 spiro atoms. The third-order valence-corrected chi connectivity index (χ3v) is 3.57. The fourth-order valence-corrected chi connectivity index (χ4v) is 2.35. The van der Waals surface area contributed by atoms with Crippen LogP contribution in [0.15, 0.2) is 42.7 Å². The first-order chi connectivity index (χ1) is 12.0. The van der Waals surface area contributed by atoms with Crippen LogP contribution in [0, 0.1) is 34.2 Å². The van der Waals surface area contributed by atoms with Gasteiger partial charge in [-0.05, 0) is 25.1 Å². The molecule has 0 unspecified atom stereocenters. The monoisotopic (exact) mass is 338 g/mol. The summed E-state index contributed by atoms with van der Waals surface area (Å²) in [6.07, 6.45) is 2.71. The molecule has 0 radical (unpaired) electrons. The number of aromatic nitrogens is 3. The molecule has 0 bridgehead atoms. The van der Waals surface area contributed by atoms with Crippen molar-refractivity contribution in [1.82, 2.24) is 14.8 Å². The summed E-state index contributed by atoms with van der Waals surface area (Å²) < 4.78 is 15.3. The standard InChI is InChI=1S/C16H11FN6O2/c1-10-13(9-20-22(10)14-5-3-2-4-12(14)17)21-16-15(23(24)25)11(8-18)6-7-19-16/h2-7,9H,1H3,(H,19,21). The van der Waals surface area contributed by atoms with E-state index in [-0.39, 0.29) is 17.1 Å². The molecule has 2 aromatic heterocycles. The van der Waals surface area contributed by atoms with Crippen molar-refractivity contribution in [2.45, 2.75) is 6.92 Å². The summed E-state index contributed by atoms with van der Waals surface area (Å²) in [5, 5.41) is 27.2. The van der Waals surface area contributed by atoms with Crippen molar-refractivity contribution in [2.24, 2.45) is 0 Å². The first kappa shape index (κ1) is 16.1. The van der Waals surface area contributed by atoms with Crippen LogP contribution in [0.1, 0.15) is 11.3 Å². The van der Waals surface area contributed by atoms with E-state index in [2.05, 4.69) is 15.4 Å². The Morgan fingerprint density at radius 3 is 2.80 bits per heavy atom. The van der Waals surface area contributed by atoms with Gasteiger partial charge in [-0.25, -0.2) is 14.1 Å². The largest absolute Gasteiger partial charge is 0.332 e. The number of nitrogens with one attached hydrogen (secondary N) is 1. The summed E-state index contributed by atoms with van der Waals surface area (Å²) in [6, 6.07) is 9.15. The molecule has 1 N–H and O–H groups in total. The van der Waals surface area contributed by atoms with Gasteiger partial charge >= 0.3 is 5.69 Å². The van der Waals surface area contributed by atoms with Gasteiger partial charge in [0.05, 0.1) is 22.5 Å². The van der Waals surface area contributed by atoms with Crippen LogP contribution in [0.2, 0.25) is 0 Å². The molecule has 3 aromatic rings. The van der Waals surface area contributed by atoms with Crippen molar-refractivity contribution < 1.29 is 9.31 Å². The topological polar surface area (TPSA) is 110 Å². The molecule has 0 fully saturated rings. The first-order valence-electron chi connectivity index (χ1n) is 7.13. The van der Waals surface area contributed by atoms with Gasteiger partial charge in [0.2, 0.25) is 5.82 Å². The van der Waals surface area contributed by atoms with E-state index in [0.717, 1.165) is 0 Å². The van der Waals surface area contributed by atoms with E-state index < -0.39 is 16.4 Å². The second-order valence-electron chi connectivity index (χ2n) is 5.06. The zero-order valence-electron chi connectivity index (χ0n) is 13.0. The molecule has 0 amide bonds. The predicted octanol–water partition coefficient (Wildman–Crippen LogP) is 3.24. The fraction of sp³-hybridized carbons (Fsp3) is 0.0625. The number of hydrogen-bond donors (Lipinski definition) is 1. The van der Waals surface area contributed by atoms with Crippen molar-refractivity contribution in [3.8, 4) is 11.8 Å². The lowest BCUT2D eigenvalue weighted by Crippen LogP contribution is -2.04. The third-order valence-electron chi connectivity index (χ3n) is 3.57. The summed E-state index contributed by atoms with van der Waals surface area (Å²) in [5.41, 5.74) is 0.656. The van der Waals surface area contributed by atoms with Gasteiger partial charge in [0.15, 0.2) is 0 Å². The summed E-state index contributed by atoms with van der Waals surface area (Å²) in [4.78, 5) is 14.5. The highest BCUT2D eigenvalue weighted by atomic mass is 19.1. The van der Waals surface area contributed by atoms with Gasteiger partial charge in [-0.1, -0.05) is 12.1 Å². The normalized spacial score (nSPS) is 10.3. The van der Waals surface area contributed by atoms with Crippen molar-refractivity contribution in [2.75, 3.05) is 5.32 Å². The van der Waals surface area contributed by atoms with Gasteiger partial charge in [0.25, 0.3) is 0 Å². The SMILES string of the molecule is Cc1c(Nc2nccc(C#N)c2[N+](=O)[O-])cnn1-c1ccccc1F. The van der Waals surface area contributed by atoms with Crippen LogP contribution in [-0.2, 0) is 0 Å². The average Bonchev–Trinajstić information content (AvgIpc) is 2.95. The lowest BCUT2D eigenvalue weighted by molar-refractivity contribution is -0.384. The van der Waals surface area contributed by atoms with Gasteiger partial charge in [-0.15, -0.1) is 0 Å². The molecular weight excluding hydrogens is 327 g/mol. The molecule has 2 heterocycles. The lowest BCUT2D eigenvalue weighted by atomic mass is 10.2. The number of rotatable bonds is 4. The molecule has 9 heteroatoms. The van der Waals surface area contributed by atoms with E-state index in [1.807, 2.05) is 0 Å². The number of nitrogens with zero attached hydrogens (tertiary/aromatic N) is 5. The molecular formula is C16H11FN6O2. The zero-order valence-corrected chi connectivity index (χ0v) is 13.0. The first-order valence-corrected chi connectivity index (χ1v) is 7.13. The summed E-state index contributed by atoms with van der Waals surface area (Å²) in [6.45, 7) is 1.68. The Kier molecular flexibility index (Phi) is 4.09. The number of anilines is 2. The molecule has 3 rings (SSSR count). The summed E-state index contributed by atoms with van der Waals surface area (Å²) >= 11 is 0. The van der Waals surface area contributed by atoms with E-state index >= 15 is 0 Å². The molecule has 0 aliphatic heterocycles. The smallest absolute Gasteiger partial charge is 0.329 e. The Morgan fingerprint density at radius 1 is 1.36 bits per heavy atom. The zero-order chi connectivity index (χ0) is 18.0. The van der Waals surface area contributed by atoms with Crippen LogP contribution in [0.5, 0.6) is 0 Å². The van der Waals surface area contributed by atoms with Crippen LogP contribution < -0.4 is 5.32 Å². The highest BCUT2D eigenvalue weighted by molar-refractivity contribution is 5.71. The number of para-hydroxylation sites is 1. The summed E-state index contributed by atoms with van der Waals surface area (Å²) in [5.74, 6) is -0.531. The van der Waals surface area contributed by atoms with Crippen LogP contribution in [0.25, 0.3) is 5.69 Å². The Bertz CT molecular complexity index is 1010. The minimum absolute atomic E-state index is 0.0831. The van der Waals surface area contributed by atoms with Crippen LogP contribution >= 0.6 is 0 Å². The number of pyridine rings is 1. The second-order valence-corrected chi connectivity index (χ2v) is 5.06. The highest BCUT2D eigenvalue weighted by Gasteiger charge is 2.22. The lowest BCUT2D eigenvalue weighted by Gasteiger charge is -2.08. The van der Waals surface area contributed by atoms with Gasteiger partial charge in [0, 0.05) is 6.20 Å². The molecule has 124 valence electrons. The van der Waals surface area contributed by atoms with Crippen LogP contribution in [-0.4, -0.2) is 19.7 Å². The number of hydrogen-bond acceptors (Lipinski definition) is 6. The Morgan fingerprint density at radius 2 is 2.12 bits per heavy atom. The molecule has 25 heavy (non-hydrogen) atoms. The second kappa shape index (κ2) is 6.37. The maximum absolute atomic E-state index is 13.9. The minimum atomic E-state index is -0.676. The maximum atomic E-state index is 13.9. The predicted molar refractivity (Wildman–Crippen MR) is 87.1 cm³/mol. The molecule has 1 aromatic carbocycles. The van der Waals surface area contributed by atoms with Gasteiger partial charge < -0.3 is 5.32 Å². The van der Waals surface area contributed by atoms with Crippen molar-refractivity contribution in [3.05, 3.63) is 69.9 Å². The fourth-order valence-electron chi connectivity index (χ4n) is 2.35. The van der Waals surface area contributed by atoms with E-state index in [9.17, 15) is 14.5 Å². The Balaban J connectivity index is 2.03. The Hall–Kier alpha value is -3.80. The number of nitriles is 1. The van der Waals surface area contributed by atoms with E-state index in [1.165, 1.54) is 29.2 Å². The maximum Gasteiger partial charge on any atom is 0.329 e. The van der Waals surface area contributed by atoms with Crippen LogP contribution in [0.3, 0.4) is 0 Å². The molecule has 8 nitrogen and oxygen atoms in total. The minimum Gasteiger partial charge on any atom is -0.332 e. The molecule has 0 atom stereocenters.